The van der Waals surface area contributed by atoms with Gasteiger partial charge in [-0.3, -0.25) is 4.79 Å². The number of amides is 1. The number of hydrogen-bond acceptors (Lipinski definition) is 3. The summed E-state index contributed by atoms with van der Waals surface area (Å²) in [4.78, 5) is 13.9. The third kappa shape index (κ3) is 4.43. The van der Waals surface area contributed by atoms with E-state index in [9.17, 15) is 13.6 Å². The molecule has 140 valence electrons. The van der Waals surface area contributed by atoms with Crippen LogP contribution in [0.4, 0.5) is 14.5 Å². The van der Waals surface area contributed by atoms with Crippen LogP contribution in [0.2, 0.25) is 5.02 Å². The summed E-state index contributed by atoms with van der Waals surface area (Å²) in [6.45, 7) is 4.60. The lowest BCUT2D eigenvalue weighted by Crippen LogP contribution is -2.26. The molecule has 7 heteroatoms. The fraction of sp³-hybridized carbons (Fsp3) is 0.316. The zero-order chi connectivity index (χ0) is 19.3. The molecule has 0 fully saturated rings. The van der Waals surface area contributed by atoms with Gasteiger partial charge in [-0.2, -0.15) is 0 Å². The second-order valence-electron chi connectivity index (χ2n) is 5.53. The number of hydrogen-bond donors (Lipinski definition) is 0. The van der Waals surface area contributed by atoms with Gasteiger partial charge in [0.2, 0.25) is 0 Å². The van der Waals surface area contributed by atoms with Gasteiger partial charge in [0.15, 0.2) is 23.1 Å². The number of anilines is 1. The largest absolute Gasteiger partial charge is 0.490 e. The average Bonchev–Trinajstić information content (AvgIpc) is 2.62. The van der Waals surface area contributed by atoms with Gasteiger partial charge in [0, 0.05) is 24.4 Å². The summed E-state index contributed by atoms with van der Waals surface area (Å²) in [6, 6.07) is 6.23. The molecule has 26 heavy (non-hydrogen) atoms. The van der Waals surface area contributed by atoms with Crippen molar-refractivity contribution in [1.29, 1.82) is 0 Å². The van der Waals surface area contributed by atoms with Crippen molar-refractivity contribution in [3.63, 3.8) is 0 Å². The van der Waals surface area contributed by atoms with Crippen LogP contribution in [-0.4, -0.2) is 26.2 Å². The molecule has 0 heterocycles. The van der Waals surface area contributed by atoms with Gasteiger partial charge in [-0.25, -0.2) is 8.78 Å². The summed E-state index contributed by atoms with van der Waals surface area (Å²) in [5.41, 5.74) is 0.462. The molecule has 4 nitrogen and oxygen atoms in total. The number of carbonyl (C=O) groups is 1. The van der Waals surface area contributed by atoms with Gasteiger partial charge in [-0.05, 0) is 37.6 Å². The molecule has 0 bridgehead atoms. The smallest absolute Gasteiger partial charge is 0.258 e. The van der Waals surface area contributed by atoms with Crippen LogP contribution in [0.5, 0.6) is 11.5 Å². The van der Waals surface area contributed by atoms with E-state index in [0.717, 1.165) is 18.6 Å². The first-order chi connectivity index (χ1) is 12.4. The molecule has 0 N–H and O–H groups in total. The lowest BCUT2D eigenvalue weighted by atomic mass is 10.1. The number of carbonyl (C=O) groups excluding carboxylic acids is 1. The van der Waals surface area contributed by atoms with E-state index in [0.29, 0.717) is 24.7 Å². The van der Waals surface area contributed by atoms with Crippen LogP contribution in [0.15, 0.2) is 30.3 Å². The molecule has 0 spiro atoms. The van der Waals surface area contributed by atoms with Crippen LogP contribution < -0.4 is 14.4 Å². The number of benzene rings is 2. The molecular formula is C19H20ClF2NO3. The SMILES string of the molecule is CCCOc1c(Cl)cc(C(=O)N(C)c2ccc(F)c(F)c2)cc1OCC. The van der Waals surface area contributed by atoms with Gasteiger partial charge in [-0.15, -0.1) is 0 Å². The Morgan fingerprint density at radius 3 is 2.46 bits per heavy atom. The second kappa shape index (κ2) is 8.85. The average molecular weight is 384 g/mol. The van der Waals surface area contributed by atoms with Crippen molar-refractivity contribution in [3.05, 3.63) is 52.6 Å². The molecule has 2 aromatic carbocycles. The third-order valence-electron chi connectivity index (χ3n) is 3.60. The summed E-state index contributed by atoms with van der Waals surface area (Å²) >= 11 is 6.26. The Labute approximate surface area is 156 Å². The standard InChI is InChI=1S/C19H20ClF2NO3/c1-4-8-26-18-14(20)9-12(10-17(18)25-5-2)19(24)23(3)13-6-7-15(21)16(22)11-13/h6-7,9-11H,4-5,8H2,1-3H3. The highest BCUT2D eigenvalue weighted by molar-refractivity contribution is 6.32. The van der Waals surface area contributed by atoms with E-state index < -0.39 is 17.5 Å². The first-order valence-corrected chi connectivity index (χ1v) is 8.59. The molecule has 2 aromatic rings. The van der Waals surface area contributed by atoms with Gasteiger partial charge in [0.1, 0.15) is 0 Å². The molecule has 0 atom stereocenters. The minimum absolute atomic E-state index is 0.217. The van der Waals surface area contributed by atoms with Crippen LogP contribution in [0.3, 0.4) is 0 Å². The van der Waals surface area contributed by atoms with E-state index in [1.807, 2.05) is 6.92 Å². The van der Waals surface area contributed by atoms with Crippen molar-refractivity contribution in [2.24, 2.45) is 0 Å². The molecule has 0 saturated heterocycles. The monoisotopic (exact) mass is 383 g/mol. The van der Waals surface area contributed by atoms with E-state index in [1.54, 1.807) is 6.92 Å². The van der Waals surface area contributed by atoms with Crippen LogP contribution in [0.25, 0.3) is 0 Å². The summed E-state index contributed by atoms with van der Waals surface area (Å²) < 4.78 is 37.7. The highest BCUT2D eigenvalue weighted by atomic mass is 35.5. The van der Waals surface area contributed by atoms with E-state index in [4.69, 9.17) is 21.1 Å². The Balaban J connectivity index is 2.36. The van der Waals surface area contributed by atoms with Crippen molar-refractivity contribution in [2.45, 2.75) is 20.3 Å². The minimum atomic E-state index is -1.03. The maximum atomic E-state index is 13.4. The van der Waals surface area contributed by atoms with Crippen molar-refractivity contribution < 1.29 is 23.0 Å². The summed E-state index contributed by atoms with van der Waals surface area (Å²) in [5, 5.41) is 0.242. The summed E-state index contributed by atoms with van der Waals surface area (Å²) in [7, 11) is 1.46. The fourth-order valence-electron chi connectivity index (χ4n) is 2.30. The number of nitrogens with zero attached hydrogens (tertiary/aromatic N) is 1. The van der Waals surface area contributed by atoms with Gasteiger partial charge in [-0.1, -0.05) is 18.5 Å². The fourth-order valence-corrected chi connectivity index (χ4v) is 2.57. The van der Waals surface area contributed by atoms with Gasteiger partial charge < -0.3 is 14.4 Å². The van der Waals surface area contributed by atoms with Crippen LogP contribution in [0, 0.1) is 11.6 Å². The van der Waals surface area contributed by atoms with Crippen LogP contribution >= 0.6 is 11.6 Å². The van der Waals surface area contributed by atoms with Crippen LogP contribution in [0.1, 0.15) is 30.6 Å². The Kier molecular flexibility index (Phi) is 6.80. The normalized spacial score (nSPS) is 10.5. The van der Waals surface area contributed by atoms with Crippen molar-refractivity contribution >= 4 is 23.2 Å². The first kappa shape index (κ1) is 20.0. The topological polar surface area (TPSA) is 38.8 Å². The van der Waals surface area contributed by atoms with Gasteiger partial charge in [0.25, 0.3) is 5.91 Å². The number of rotatable bonds is 7. The molecule has 0 saturated carbocycles. The molecule has 1 amide bonds. The Morgan fingerprint density at radius 1 is 1.12 bits per heavy atom. The highest BCUT2D eigenvalue weighted by Crippen LogP contribution is 2.37. The quantitative estimate of drug-likeness (QED) is 0.669. The zero-order valence-corrected chi connectivity index (χ0v) is 15.6. The molecule has 0 aliphatic carbocycles. The molecule has 0 aliphatic rings. The number of halogens is 3. The van der Waals surface area contributed by atoms with E-state index in [1.165, 1.54) is 30.1 Å². The van der Waals surface area contributed by atoms with E-state index >= 15 is 0 Å². The van der Waals surface area contributed by atoms with Gasteiger partial charge in [0.05, 0.1) is 18.2 Å². The Bertz CT molecular complexity index is 799. The molecule has 0 radical (unpaired) electrons. The number of ether oxygens (including phenoxy) is 2. The molecule has 0 unspecified atom stereocenters. The first-order valence-electron chi connectivity index (χ1n) is 8.21. The third-order valence-corrected chi connectivity index (χ3v) is 3.88. The predicted molar refractivity (Wildman–Crippen MR) is 97.5 cm³/mol. The maximum absolute atomic E-state index is 13.4. The van der Waals surface area contributed by atoms with Crippen molar-refractivity contribution in [2.75, 3.05) is 25.2 Å². The molecule has 2 rings (SSSR count). The maximum Gasteiger partial charge on any atom is 0.258 e. The predicted octanol–water partition coefficient (Wildman–Crippen LogP) is 5.08. The lowest BCUT2D eigenvalue weighted by Gasteiger charge is -2.19. The summed E-state index contributed by atoms with van der Waals surface area (Å²) in [5.74, 6) is -1.72. The molecule has 0 aliphatic heterocycles. The molecular weight excluding hydrogens is 364 g/mol. The zero-order valence-electron chi connectivity index (χ0n) is 14.8. The van der Waals surface area contributed by atoms with Crippen molar-refractivity contribution in [3.8, 4) is 11.5 Å². The summed E-state index contributed by atoms with van der Waals surface area (Å²) in [6.07, 6.45) is 0.793. The molecule has 0 aromatic heterocycles. The van der Waals surface area contributed by atoms with Crippen molar-refractivity contribution in [1.82, 2.24) is 0 Å². The van der Waals surface area contributed by atoms with E-state index in [2.05, 4.69) is 0 Å². The lowest BCUT2D eigenvalue weighted by molar-refractivity contribution is 0.0992. The van der Waals surface area contributed by atoms with Crippen LogP contribution in [-0.2, 0) is 0 Å². The highest BCUT2D eigenvalue weighted by Gasteiger charge is 2.20. The minimum Gasteiger partial charge on any atom is -0.490 e. The Morgan fingerprint density at radius 2 is 1.85 bits per heavy atom. The Hall–Kier alpha value is -2.34. The van der Waals surface area contributed by atoms with E-state index in [-0.39, 0.29) is 16.3 Å². The second-order valence-corrected chi connectivity index (χ2v) is 5.94. The van der Waals surface area contributed by atoms with Gasteiger partial charge >= 0.3 is 0 Å².